The minimum Gasteiger partial charge on any atom is -0.351 e. The molecule has 3 aliphatic rings. The third-order valence-electron chi connectivity index (χ3n) is 7.39. The fourth-order valence-electron chi connectivity index (χ4n) is 5.28. The lowest BCUT2D eigenvalue weighted by Gasteiger charge is -2.32. The second-order valence-corrected chi connectivity index (χ2v) is 12.1. The van der Waals surface area contributed by atoms with E-state index in [1.165, 1.54) is 28.8 Å². The second-order valence-electron chi connectivity index (χ2n) is 9.88. The molecule has 1 aliphatic carbocycles. The monoisotopic (exact) mass is 638 g/mol. The van der Waals surface area contributed by atoms with E-state index in [0.717, 1.165) is 72.0 Å². The van der Waals surface area contributed by atoms with E-state index in [2.05, 4.69) is 49.0 Å². The van der Waals surface area contributed by atoms with Crippen LogP contribution < -0.4 is 5.73 Å². The van der Waals surface area contributed by atoms with Crippen molar-refractivity contribution in [2.24, 2.45) is 11.7 Å². The minimum atomic E-state index is -0.337. The van der Waals surface area contributed by atoms with Crippen LogP contribution in [0.1, 0.15) is 60.9 Å². The van der Waals surface area contributed by atoms with Crippen molar-refractivity contribution in [1.29, 1.82) is 0 Å². The van der Waals surface area contributed by atoms with Crippen molar-refractivity contribution in [1.82, 2.24) is 14.8 Å². The Morgan fingerprint density at radius 3 is 2.36 bits per heavy atom. The van der Waals surface area contributed by atoms with Crippen LogP contribution in [0, 0.1) is 5.92 Å². The number of nitrogens with two attached hydrogens (primary N) is 1. The van der Waals surface area contributed by atoms with Gasteiger partial charge in [-0.1, -0.05) is 27.5 Å². The van der Waals surface area contributed by atoms with Crippen molar-refractivity contribution < 1.29 is 9.59 Å². The van der Waals surface area contributed by atoms with Gasteiger partial charge in [-0.25, -0.2) is 4.79 Å². The van der Waals surface area contributed by atoms with E-state index in [9.17, 15) is 9.59 Å². The van der Waals surface area contributed by atoms with Gasteiger partial charge in [0.25, 0.3) is 0 Å². The number of aryl methyl sites for hydroxylation is 2. The van der Waals surface area contributed by atoms with Crippen molar-refractivity contribution >= 4 is 55.4 Å². The van der Waals surface area contributed by atoms with E-state index in [-0.39, 0.29) is 6.03 Å². The number of likely N-dealkylation sites (tertiary alicyclic amines) is 2. The van der Waals surface area contributed by atoms with E-state index in [0.29, 0.717) is 31.3 Å². The second kappa shape index (κ2) is 12.7. The van der Waals surface area contributed by atoms with Gasteiger partial charge >= 0.3 is 6.03 Å². The van der Waals surface area contributed by atoms with Crippen molar-refractivity contribution in [3.05, 3.63) is 60.7 Å². The van der Waals surface area contributed by atoms with Gasteiger partial charge in [0.2, 0.25) is 5.91 Å². The van der Waals surface area contributed by atoms with Gasteiger partial charge in [-0.15, -0.1) is 0 Å². The maximum Gasteiger partial charge on any atom is 0.314 e. The van der Waals surface area contributed by atoms with E-state index in [1.54, 1.807) is 4.90 Å². The Labute approximate surface area is 235 Å². The number of rotatable bonds is 2. The number of aromatic nitrogens is 1. The molecule has 5 rings (SSSR count). The summed E-state index contributed by atoms with van der Waals surface area (Å²) < 4.78 is 2.13. The number of carbonyl (C=O) groups is 2. The summed E-state index contributed by atoms with van der Waals surface area (Å²) in [4.78, 5) is 31.3. The molecule has 0 unspecified atom stereocenters. The number of halogens is 3. The fraction of sp³-hybridized carbons (Fsp3) is 0.519. The maximum absolute atomic E-state index is 12.1. The summed E-state index contributed by atoms with van der Waals surface area (Å²) >= 11 is 13.2. The molecule has 194 valence electrons. The molecule has 1 aromatic carbocycles. The van der Waals surface area contributed by atoms with Crippen LogP contribution in [-0.2, 0) is 24.1 Å². The Kier molecular flexibility index (Phi) is 9.70. The first-order chi connectivity index (χ1) is 17.3. The lowest BCUT2D eigenvalue weighted by molar-refractivity contribution is -0.133. The zero-order valence-corrected chi connectivity index (χ0v) is 24.4. The van der Waals surface area contributed by atoms with Gasteiger partial charge in [0.1, 0.15) is 0 Å². The number of primary amides is 1. The minimum absolute atomic E-state index is 0.298. The average Bonchev–Trinajstić information content (AvgIpc) is 3.05. The molecule has 0 saturated carbocycles. The molecule has 6 nitrogen and oxygen atoms in total. The van der Waals surface area contributed by atoms with E-state index < -0.39 is 0 Å². The predicted octanol–water partition coefficient (Wildman–Crippen LogP) is 6.13. The smallest absolute Gasteiger partial charge is 0.314 e. The van der Waals surface area contributed by atoms with Crippen molar-refractivity contribution in [3.8, 4) is 0 Å². The van der Waals surface area contributed by atoms with Crippen LogP contribution in [0.2, 0.25) is 5.02 Å². The Morgan fingerprint density at radius 1 is 0.972 bits per heavy atom. The normalized spacial score (nSPS) is 17.9. The van der Waals surface area contributed by atoms with Crippen LogP contribution in [0.4, 0.5) is 4.79 Å². The number of hydrogen-bond acceptors (Lipinski definition) is 3. The molecular formula is C27H33Br2ClN4O2. The highest BCUT2D eigenvalue weighted by atomic mass is 79.9. The molecule has 0 spiro atoms. The Bertz CT molecular complexity index is 1100. The zero-order chi connectivity index (χ0) is 25.7. The molecule has 36 heavy (non-hydrogen) atoms. The number of benzene rings is 1. The first-order valence-corrected chi connectivity index (χ1v) is 14.7. The van der Waals surface area contributed by atoms with E-state index in [1.807, 2.05) is 17.2 Å². The predicted molar refractivity (Wildman–Crippen MR) is 150 cm³/mol. The Balaban J connectivity index is 0.000000169. The molecule has 2 N–H and O–H groups in total. The summed E-state index contributed by atoms with van der Waals surface area (Å²) in [6, 6.07) is 5.87. The van der Waals surface area contributed by atoms with Gasteiger partial charge in [0.05, 0.1) is 0 Å². The topological polar surface area (TPSA) is 79.5 Å². The quantitative estimate of drug-likeness (QED) is 0.429. The molecule has 0 bridgehead atoms. The average molecular weight is 641 g/mol. The number of fused-ring (bicyclic) bond motifs is 2. The fourth-order valence-corrected chi connectivity index (χ4v) is 6.67. The van der Waals surface area contributed by atoms with E-state index in [4.69, 9.17) is 17.3 Å². The van der Waals surface area contributed by atoms with Gasteiger partial charge in [0, 0.05) is 64.9 Å². The molecule has 2 aromatic rings. The van der Waals surface area contributed by atoms with Crippen LogP contribution in [0.25, 0.3) is 0 Å². The van der Waals surface area contributed by atoms with Crippen LogP contribution >= 0.6 is 43.5 Å². The van der Waals surface area contributed by atoms with Crippen molar-refractivity contribution in [2.45, 2.75) is 57.8 Å². The van der Waals surface area contributed by atoms with Crippen LogP contribution in [0.5, 0.6) is 0 Å². The largest absolute Gasteiger partial charge is 0.351 e. The lowest BCUT2D eigenvalue weighted by Crippen LogP contribution is -2.43. The molecule has 0 atom stereocenters. The van der Waals surface area contributed by atoms with Gasteiger partial charge in [-0.05, 0) is 102 Å². The standard InChI is InChI=1S/C14H10Br2ClN.C13H23N3O2/c15-10-3-9-2-1-8-4-11(17)5-13(16)12(8)6-14(9)18-7-10;14-13(18)16-8-4-11(5-9-16)10-12(17)15-6-2-1-3-7-15/h3-5,7H,1-2,6H2;11H,1-10H2,(H2,14,18). The van der Waals surface area contributed by atoms with Crippen LogP contribution in [-0.4, -0.2) is 52.9 Å². The highest BCUT2D eigenvalue weighted by molar-refractivity contribution is 9.10. The first-order valence-electron chi connectivity index (χ1n) is 12.7. The Morgan fingerprint density at radius 2 is 1.67 bits per heavy atom. The summed E-state index contributed by atoms with van der Waals surface area (Å²) in [5.74, 6) is 0.724. The number of urea groups is 1. The molecule has 3 amide bonds. The molecule has 2 saturated heterocycles. The summed E-state index contributed by atoms with van der Waals surface area (Å²) in [5.41, 5.74) is 10.4. The third-order valence-corrected chi connectivity index (χ3v) is 8.74. The molecule has 1 aromatic heterocycles. The van der Waals surface area contributed by atoms with Crippen LogP contribution in [0.15, 0.2) is 33.3 Å². The van der Waals surface area contributed by atoms with Crippen LogP contribution in [0.3, 0.4) is 0 Å². The highest BCUT2D eigenvalue weighted by Crippen LogP contribution is 2.32. The zero-order valence-electron chi connectivity index (χ0n) is 20.4. The molecule has 2 fully saturated rings. The number of pyridine rings is 1. The Hall–Kier alpha value is -1.64. The van der Waals surface area contributed by atoms with Gasteiger partial charge in [0.15, 0.2) is 0 Å². The van der Waals surface area contributed by atoms with Gasteiger partial charge in [-0.2, -0.15) is 0 Å². The molecule has 0 radical (unpaired) electrons. The summed E-state index contributed by atoms with van der Waals surface area (Å²) in [7, 11) is 0. The van der Waals surface area contributed by atoms with Gasteiger partial charge in [-0.3, -0.25) is 9.78 Å². The highest BCUT2D eigenvalue weighted by Gasteiger charge is 2.25. The molecule has 9 heteroatoms. The first kappa shape index (κ1) is 27.4. The molecular weight excluding hydrogens is 608 g/mol. The molecule has 2 aliphatic heterocycles. The summed E-state index contributed by atoms with van der Waals surface area (Å²) in [6.45, 7) is 3.26. The maximum atomic E-state index is 12.1. The van der Waals surface area contributed by atoms with Crippen molar-refractivity contribution in [2.75, 3.05) is 26.2 Å². The third kappa shape index (κ3) is 7.23. The SMILES string of the molecule is Clc1cc(Br)c2c(c1)CCc1cc(Br)cnc1C2.NC(=O)N1CCC(CC(=O)N2CCCCC2)CC1. The number of hydrogen-bond donors (Lipinski definition) is 1. The molecule has 3 heterocycles. The number of nitrogens with zero attached hydrogens (tertiary/aromatic N) is 3. The number of piperidine rings is 2. The summed E-state index contributed by atoms with van der Waals surface area (Å²) in [5, 5.41) is 0.792. The number of amides is 3. The van der Waals surface area contributed by atoms with E-state index >= 15 is 0 Å². The van der Waals surface area contributed by atoms with Crippen molar-refractivity contribution in [3.63, 3.8) is 0 Å². The lowest BCUT2D eigenvalue weighted by atomic mass is 9.93. The van der Waals surface area contributed by atoms with Gasteiger partial charge < -0.3 is 15.5 Å². The number of carbonyl (C=O) groups excluding carboxylic acids is 2. The summed E-state index contributed by atoms with van der Waals surface area (Å²) in [6.07, 6.45) is 10.8.